The number of nitrogen functional groups attached to an aromatic ring is 1. The van der Waals surface area contributed by atoms with E-state index in [9.17, 15) is 19.6 Å². The molecule has 286 valence electrons. The van der Waals surface area contributed by atoms with Crippen molar-refractivity contribution in [2.45, 2.75) is 69.9 Å². The Morgan fingerprint density at radius 2 is 1.66 bits per heavy atom. The van der Waals surface area contributed by atoms with Crippen LogP contribution in [0.25, 0.3) is 11.3 Å². The number of rotatable bonds is 10. The summed E-state index contributed by atoms with van der Waals surface area (Å²) < 4.78 is 39.3. The van der Waals surface area contributed by atoms with Crippen LogP contribution in [0.3, 0.4) is 0 Å². The molecule has 0 bridgehead atoms. The molecule has 0 spiro atoms. The van der Waals surface area contributed by atoms with Crippen molar-refractivity contribution in [3.05, 3.63) is 59.3 Å². The fourth-order valence-corrected chi connectivity index (χ4v) is 6.69. The number of pyridine rings is 1. The van der Waals surface area contributed by atoms with Gasteiger partial charge >= 0.3 is 6.09 Å². The SMILES string of the molecule is Cl.Cl.[2H]c1c([2H])c(-c2nc(SCc3cccc(CCC(=O)N4CCN(CC5CCN(C(=O)OC(C)(C)C)CC5)CC4)n3)nc(N)c2C#N)c([2H])c([2H])c1NC(C)=O. The quantitative estimate of drug-likeness (QED) is 0.188. The first-order valence-electron chi connectivity index (χ1n) is 19.1. The van der Waals surface area contributed by atoms with Crippen LogP contribution < -0.4 is 11.1 Å². The van der Waals surface area contributed by atoms with Crippen LogP contribution in [0.2, 0.25) is 0 Å². The molecule has 3 amide bonds. The largest absolute Gasteiger partial charge is 0.444 e. The minimum atomic E-state index is -0.558. The third kappa shape index (κ3) is 12.7. The van der Waals surface area contributed by atoms with Gasteiger partial charge in [-0.1, -0.05) is 29.9 Å². The minimum absolute atomic E-state index is 0. The lowest BCUT2D eigenvalue weighted by Crippen LogP contribution is -2.51. The Kier molecular flexibility index (Phi) is 13.9. The maximum Gasteiger partial charge on any atom is 0.410 e. The maximum atomic E-state index is 13.2. The average Bonchev–Trinajstić information content (AvgIpc) is 3.14. The van der Waals surface area contributed by atoms with Gasteiger partial charge in [-0.3, -0.25) is 19.5 Å². The van der Waals surface area contributed by atoms with Crippen molar-refractivity contribution >= 4 is 66.0 Å². The summed E-state index contributed by atoms with van der Waals surface area (Å²) in [6.07, 6.45) is 2.43. The third-order valence-corrected chi connectivity index (χ3v) is 9.39. The Morgan fingerprint density at radius 3 is 2.28 bits per heavy atom. The highest BCUT2D eigenvalue weighted by atomic mass is 35.5. The van der Waals surface area contributed by atoms with Crippen LogP contribution in [0.15, 0.2) is 47.5 Å². The third-order valence-electron chi connectivity index (χ3n) is 8.51. The number of ether oxygens (including phenoxy) is 1. The molecule has 2 fully saturated rings. The molecule has 53 heavy (non-hydrogen) atoms. The predicted octanol–water partition coefficient (Wildman–Crippen LogP) is 5.81. The second-order valence-corrected chi connectivity index (χ2v) is 14.6. The molecule has 4 heterocycles. The average molecular weight is 791 g/mol. The number of anilines is 2. The smallest absolute Gasteiger partial charge is 0.410 e. The van der Waals surface area contributed by atoms with Crippen LogP contribution in [-0.4, -0.2) is 99.0 Å². The van der Waals surface area contributed by atoms with E-state index in [1.165, 1.54) is 18.7 Å². The zero-order chi connectivity index (χ0) is 40.0. The highest BCUT2D eigenvalue weighted by molar-refractivity contribution is 7.98. The molecule has 0 unspecified atom stereocenters. The minimum Gasteiger partial charge on any atom is -0.444 e. The maximum absolute atomic E-state index is 13.2. The number of nitrogens with one attached hydrogen (secondary N) is 1. The summed E-state index contributed by atoms with van der Waals surface area (Å²) in [5, 5.41) is 12.3. The number of hydrogen-bond acceptors (Lipinski definition) is 11. The second-order valence-electron chi connectivity index (χ2n) is 13.7. The first-order chi connectivity index (χ1) is 26.0. The highest BCUT2D eigenvalue weighted by Crippen LogP contribution is 2.30. The number of piperazine rings is 1. The van der Waals surface area contributed by atoms with Gasteiger partial charge in [0.25, 0.3) is 0 Å². The van der Waals surface area contributed by atoms with Gasteiger partial charge in [-0.2, -0.15) is 5.26 Å². The zero-order valence-electron chi connectivity index (χ0n) is 34.4. The number of carbonyl (C=O) groups is 3. The van der Waals surface area contributed by atoms with Crippen LogP contribution in [0.4, 0.5) is 16.3 Å². The molecule has 0 atom stereocenters. The van der Waals surface area contributed by atoms with Crippen LogP contribution in [0.5, 0.6) is 0 Å². The molecular weight excluding hydrogens is 737 g/mol. The van der Waals surface area contributed by atoms with Crippen molar-refractivity contribution in [1.82, 2.24) is 29.7 Å². The molecule has 2 aromatic heterocycles. The fourth-order valence-electron chi connectivity index (χ4n) is 5.93. The fraction of sp³-hybridized carbons (Fsp3) is 0.486. The molecule has 0 aliphatic carbocycles. The number of likely N-dealkylation sites (tertiary alicyclic amines) is 1. The summed E-state index contributed by atoms with van der Waals surface area (Å²) in [5.74, 6) is 0.165. The molecule has 2 aliphatic heterocycles. The Labute approximate surface area is 333 Å². The van der Waals surface area contributed by atoms with Crippen molar-refractivity contribution < 1.29 is 24.6 Å². The van der Waals surface area contributed by atoms with E-state index < -0.39 is 35.7 Å². The number of thioether (sulfide) groups is 1. The number of nitrogens with two attached hydrogens (primary N) is 1. The Hall–Kier alpha value is -4.16. The van der Waals surface area contributed by atoms with Gasteiger partial charge in [-0.25, -0.2) is 14.8 Å². The molecule has 13 nitrogen and oxygen atoms in total. The van der Waals surface area contributed by atoms with E-state index in [1.54, 1.807) is 4.90 Å². The van der Waals surface area contributed by atoms with Gasteiger partial charge in [-0.15, -0.1) is 24.8 Å². The number of aromatic nitrogens is 3. The molecule has 1 aromatic carbocycles. The van der Waals surface area contributed by atoms with Crippen molar-refractivity contribution in [3.63, 3.8) is 0 Å². The standard InChI is InChI=1S/C37H47N9O4S.2ClH/c1-25(47)40-29-10-8-27(9-11-29)33-31(22-38)34(39)43-35(42-33)51-24-30-7-5-6-28(41-30)12-13-32(48)45-20-18-44(19-21-45)23-26-14-16-46(17-15-26)36(49)50-37(2,3)4;;/h5-11,26H,12-21,23-24H2,1-4H3,(H,40,47)(H2,39,42,43);2*1H/i8D,9D,10D,11D;;. The summed E-state index contributed by atoms with van der Waals surface area (Å²) >= 11 is 1.17. The van der Waals surface area contributed by atoms with Gasteiger partial charge < -0.3 is 25.6 Å². The number of hydrogen-bond donors (Lipinski definition) is 2. The molecule has 16 heteroatoms. The Bertz CT molecular complexity index is 1960. The van der Waals surface area contributed by atoms with Crippen LogP contribution in [0.1, 0.15) is 69.4 Å². The van der Waals surface area contributed by atoms with Crippen LogP contribution in [0, 0.1) is 17.2 Å². The number of amides is 3. The van der Waals surface area contributed by atoms with E-state index in [1.807, 2.05) is 49.9 Å². The van der Waals surface area contributed by atoms with E-state index in [0.29, 0.717) is 56.4 Å². The second kappa shape index (κ2) is 19.8. The summed E-state index contributed by atoms with van der Waals surface area (Å²) in [6, 6.07) is 5.50. The number of benzene rings is 1. The van der Waals surface area contributed by atoms with Gasteiger partial charge in [0, 0.05) is 81.9 Å². The number of carbonyl (C=O) groups excluding carboxylic acids is 3. The number of piperidine rings is 1. The first kappa shape index (κ1) is 37.2. The molecule has 3 N–H and O–H groups in total. The Morgan fingerprint density at radius 1 is 1.00 bits per heavy atom. The van der Waals surface area contributed by atoms with Crippen molar-refractivity contribution in [1.29, 1.82) is 5.26 Å². The molecule has 3 aromatic rings. The molecule has 2 saturated heterocycles. The van der Waals surface area contributed by atoms with Crippen molar-refractivity contribution in [2.75, 3.05) is 56.9 Å². The first-order valence-corrected chi connectivity index (χ1v) is 18.0. The van der Waals surface area contributed by atoms with Gasteiger partial charge in [0.15, 0.2) is 5.16 Å². The van der Waals surface area contributed by atoms with Crippen LogP contribution >= 0.6 is 36.6 Å². The monoisotopic (exact) mass is 789 g/mol. The van der Waals surface area contributed by atoms with Crippen LogP contribution in [-0.2, 0) is 26.5 Å². The molecule has 0 saturated carbocycles. The normalized spacial score (nSPS) is 16.1. The van der Waals surface area contributed by atoms with Gasteiger partial charge in [0.2, 0.25) is 11.8 Å². The number of nitrogens with zero attached hydrogens (tertiary/aromatic N) is 7. The lowest BCUT2D eigenvalue weighted by Gasteiger charge is -2.39. The van der Waals surface area contributed by atoms with Crippen molar-refractivity contribution in [2.24, 2.45) is 5.92 Å². The number of halogens is 2. The highest BCUT2D eigenvalue weighted by Gasteiger charge is 2.29. The number of nitriles is 1. The molecule has 5 rings (SSSR count). The Balaban J connectivity index is 0.00000435. The summed E-state index contributed by atoms with van der Waals surface area (Å²) in [7, 11) is 0. The lowest BCUT2D eigenvalue weighted by atomic mass is 9.96. The van der Waals surface area contributed by atoms with Crippen molar-refractivity contribution in [3.8, 4) is 17.3 Å². The summed E-state index contributed by atoms with van der Waals surface area (Å²) in [4.78, 5) is 56.7. The topological polar surface area (TPSA) is 171 Å². The number of aryl methyl sites for hydroxylation is 1. The summed E-state index contributed by atoms with van der Waals surface area (Å²) in [6.45, 7) is 12.2. The molecular formula is C37H49Cl2N9O4S. The van der Waals surface area contributed by atoms with E-state index in [-0.39, 0.29) is 70.3 Å². The van der Waals surface area contributed by atoms with Gasteiger partial charge in [0.1, 0.15) is 23.1 Å². The van der Waals surface area contributed by atoms with E-state index in [2.05, 4.69) is 20.2 Å². The molecule has 2 aliphatic rings. The lowest BCUT2D eigenvalue weighted by molar-refractivity contribution is -0.133. The summed E-state index contributed by atoms with van der Waals surface area (Å²) in [5.41, 5.74) is 6.20. The van der Waals surface area contributed by atoms with E-state index in [4.69, 9.17) is 20.9 Å². The zero-order valence-corrected chi connectivity index (χ0v) is 32.8. The van der Waals surface area contributed by atoms with E-state index in [0.717, 1.165) is 38.2 Å². The van der Waals surface area contributed by atoms with Gasteiger partial charge in [-0.05, 0) is 70.2 Å². The predicted molar refractivity (Wildman–Crippen MR) is 211 cm³/mol. The molecule has 0 radical (unpaired) electrons. The van der Waals surface area contributed by atoms with Gasteiger partial charge in [0.05, 0.1) is 16.9 Å². The van der Waals surface area contributed by atoms with E-state index >= 15 is 0 Å².